The number of aryl methyl sites for hydroxylation is 1. The summed E-state index contributed by atoms with van der Waals surface area (Å²) in [6, 6.07) is 3.80. The minimum absolute atomic E-state index is 0.152. The third-order valence-electron chi connectivity index (χ3n) is 2.22. The van der Waals surface area contributed by atoms with Gasteiger partial charge < -0.3 is 4.90 Å². The Bertz CT molecular complexity index is 408. The van der Waals surface area contributed by atoms with Gasteiger partial charge in [-0.1, -0.05) is 6.92 Å². The van der Waals surface area contributed by atoms with Crippen molar-refractivity contribution in [2.75, 3.05) is 14.1 Å². The number of carbonyl (C=O) groups excluding carboxylic acids is 1. The van der Waals surface area contributed by atoms with Crippen LogP contribution in [0.5, 0.6) is 0 Å². The molecule has 0 unspecified atom stereocenters. The first-order valence-corrected chi connectivity index (χ1v) is 5.39. The van der Waals surface area contributed by atoms with Crippen LogP contribution >= 0.6 is 0 Å². The molecule has 0 atom stereocenters. The van der Waals surface area contributed by atoms with E-state index < -0.39 is 0 Å². The number of pyridine rings is 1. The van der Waals surface area contributed by atoms with Crippen LogP contribution in [0.25, 0.3) is 5.57 Å². The molecule has 0 bridgehead atoms. The Hall–Kier alpha value is -1.64. The number of aromatic nitrogens is 1. The highest BCUT2D eigenvalue weighted by Crippen LogP contribution is 2.17. The van der Waals surface area contributed by atoms with E-state index in [-0.39, 0.29) is 5.78 Å². The number of hydrogen-bond acceptors (Lipinski definition) is 3. The number of hydrogen-bond donors (Lipinski definition) is 0. The first kappa shape index (κ1) is 12.4. The van der Waals surface area contributed by atoms with Crippen molar-refractivity contribution in [2.45, 2.75) is 20.3 Å². The van der Waals surface area contributed by atoms with Gasteiger partial charge in [-0.15, -0.1) is 0 Å². The summed E-state index contributed by atoms with van der Waals surface area (Å²) in [7, 11) is 3.83. The normalized spacial score (nSPS) is 11.4. The molecular weight excluding hydrogens is 200 g/mol. The zero-order valence-corrected chi connectivity index (χ0v) is 10.3. The van der Waals surface area contributed by atoms with Gasteiger partial charge in [-0.05, 0) is 24.6 Å². The molecule has 0 aliphatic rings. The lowest BCUT2D eigenvalue weighted by Gasteiger charge is -2.11. The third kappa shape index (κ3) is 3.19. The minimum Gasteiger partial charge on any atom is -0.383 e. The average Bonchev–Trinajstić information content (AvgIpc) is 2.24. The predicted octanol–water partition coefficient (Wildman–Crippen LogP) is 2.27. The van der Waals surface area contributed by atoms with Crippen molar-refractivity contribution in [3.63, 3.8) is 0 Å². The summed E-state index contributed by atoms with van der Waals surface area (Å²) in [5.41, 5.74) is 2.61. The second-order valence-corrected chi connectivity index (χ2v) is 3.97. The summed E-state index contributed by atoms with van der Waals surface area (Å²) in [5.74, 6) is 0.152. The van der Waals surface area contributed by atoms with Crippen LogP contribution in [-0.4, -0.2) is 29.8 Å². The summed E-state index contributed by atoms with van der Waals surface area (Å²) < 4.78 is 0. The van der Waals surface area contributed by atoms with E-state index in [1.54, 1.807) is 6.20 Å². The summed E-state index contributed by atoms with van der Waals surface area (Å²) in [6.07, 6.45) is 4.11. The van der Waals surface area contributed by atoms with E-state index in [1.807, 2.05) is 51.2 Å². The molecule has 0 saturated carbocycles. The van der Waals surface area contributed by atoms with Crippen LogP contribution in [0.2, 0.25) is 0 Å². The van der Waals surface area contributed by atoms with E-state index in [1.165, 1.54) is 0 Å². The van der Waals surface area contributed by atoms with Gasteiger partial charge in [0.1, 0.15) is 0 Å². The van der Waals surface area contributed by atoms with Crippen molar-refractivity contribution in [3.05, 3.63) is 35.8 Å². The molecule has 0 aliphatic carbocycles. The Morgan fingerprint density at radius 3 is 2.69 bits per heavy atom. The second-order valence-electron chi connectivity index (χ2n) is 3.97. The Morgan fingerprint density at radius 1 is 1.50 bits per heavy atom. The average molecular weight is 218 g/mol. The van der Waals surface area contributed by atoms with Gasteiger partial charge >= 0.3 is 0 Å². The van der Waals surface area contributed by atoms with Gasteiger partial charge in [-0.2, -0.15) is 0 Å². The monoisotopic (exact) mass is 218 g/mol. The summed E-state index contributed by atoms with van der Waals surface area (Å²) in [6.45, 7) is 3.80. The molecule has 3 nitrogen and oxygen atoms in total. The molecule has 1 aromatic heterocycles. The number of rotatable bonds is 4. The highest BCUT2D eigenvalue weighted by atomic mass is 16.1. The number of ketones is 1. The molecule has 0 spiro atoms. The summed E-state index contributed by atoms with van der Waals surface area (Å²) in [4.78, 5) is 17.9. The topological polar surface area (TPSA) is 33.2 Å². The van der Waals surface area contributed by atoms with Crippen molar-refractivity contribution < 1.29 is 4.79 Å². The molecular formula is C13H18N2O. The quantitative estimate of drug-likeness (QED) is 0.727. The smallest absolute Gasteiger partial charge is 0.164 e. The van der Waals surface area contributed by atoms with Crippen LogP contribution in [0.1, 0.15) is 24.6 Å². The second kappa shape index (κ2) is 5.45. The van der Waals surface area contributed by atoms with Crippen molar-refractivity contribution in [2.24, 2.45) is 0 Å². The summed E-state index contributed by atoms with van der Waals surface area (Å²) >= 11 is 0. The number of allylic oxidation sites excluding steroid dienone is 1. The maximum absolute atomic E-state index is 11.8. The molecule has 0 aromatic carbocycles. The van der Waals surface area contributed by atoms with Crippen LogP contribution in [0, 0.1) is 6.92 Å². The highest BCUT2D eigenvalue weighted by molar-refractivity contribution is 6.20. The molecule has 1 rings (SSSR count). The van der Waals surface area contributed by atoms with E-state index in [0.717, 1.165) is 16.8 Å². The maximum atomic E-state index is 11.8. The summed E-state index contributed by atoms with van der Waals surface area (Å²) in [5, 5.41) is 0. The molecule has 86 valence electrons. The van der Waals surface area contributed by atoms with E-state index in [9.17, 15) is 4.79 Å². The minimum atomic E-state index is 0.152. The van der Waals surface area contributed by atoms with Gasteiger partial charge in [0.15, 0.2) is 5.78 Å². The fraction of sp³-hybridized carbons (Fsp3) is 0.385. The molecule has 0 amide bonds. The Kier molecular flexibility index (Phi) is 4.23. The fourth-order valence-corrected chi connectivity index (χ4v) is 1.47. The van der Waals surface area contributed by atoms with Gasteiger partial charge in [-0.3, -0.25) is 9.78 Å². The van der Waals surface area contributed by atoms with Crippen LogP contribution in [-0.2, 0) is 4.79 Å². The number of Topliss-reactive ketones (excluding diaryl/α,β-unsaturated/α-hetero) is 1. The van der Waals surface area contributed by atoms with Gasteiger partial charge in [0.25, 0.3) is 0 Å². The SMILES string of the molecule is CCC(=O)C(=CN(C)C)c1ccnc(C)c1. The fourth-order valence-electron chi connectivity index (χ4n) is 1.47. The van der Waals surface area contributed by atoms with Crippen LogP contribution in [0.4, 0.5) is 0 Å². The van der Waals surface area contributed by atoms with Crippen molar-refractivity contribution >= 4 is 11.4 Å². The predicted molar refractivity (Wildman–Crippen MR) is 65.9 cm³/mol. The maximum Gasteiger partial charge on any atom is 0.164 e. The molecule has 1 aromatic rings. The zero-order chi connectivity index (χ0) is 12.1. The van der Waals surface area contributed by atoms with Crippen LogP contribution < -0.4 is 0 Å². The highest BCUT2D eigenvalue weighted by Gasteiger charge is 2.10. The Morgan fingerprint density at radius 2 is 2.19 bits per heavy atom. The molecule has 0 N–H and O–H groups in total. The van der Waals surface area contributed by atoms with Gasteiger partial charge in [0, 0.05) is 44.2 Å². The molecule has 1 heterocycles. The van der Waals surface area contributed by atoms with Gasteiger partial charge in [0.05, 0.1) is 0 Å². The standard InChI is InChI=1S/C13H18N2O/c1-5-13(16)12(9-15(3)4)11-6-7-14-10(2)8-11/h6-9H,5H2,1-4H3. The lowest BCUT2D eigenvalue weighted by Crippen LogP contribution is -2.08. The lowest BCUT2D eigenvalue weighted by molar-refractivity contribution is -0.113. The molecule has 0 aliphatic heterocycles. The van der Waals surface area contributed by atoms with E-state index in [4.69, 9.17) is 0 Å². The van der Waals surface area contributed by atoms with Crippen molar-refractivity contribution in [3.8, 4) is 0 Å². The largest absolute Gasteiger partial charge is 0.383 e. The van der Waals surface area contributed by atoms with E-state index in [0.29, 0.717) is 6.42 Å². The van der Waals surface area contributed by atoms with E-state index in [2.05, 4.69) is 4.98 Å². The number of carbonyl (C=O) groups is 1. The van der Waals surface area contributed by atoms with Crippen LogP contribution in [0.15, 0.2) is 24.5 Å². The molecule has 3 heteroatoms. The molecule has 0 saturated heterocycles. The number of nitrogens with zero attached hydrogens (tertiary/aromatic N) is 2. The first-order valence-electron chi connectivity index (χ1n) is 5.39. The van der Waals surface area contributed by atoms with E-state index >= 15 is 0 Å². The third-order valence-corrected chi connectivity index (χ3v) is 2.22. The Labute approximate surface area is 96.8 Å². The molecule has 0 fully saturated rings. The van der Waals surface area contributed by atoms with Gasteiger partial charge in [-0.25, -0.2) is 0 Å². The van der Waals surface area contributed by atoms with Gasteiger partial charge in [0.2, 0.25) is 0 Å². The van der Waals surface area contributed by atoms with Crippen LogP contribution in [0.3, 0.4) is 0 Å². The van der Waals surface area contributed by atoms with Crippen molar-refractivity contribution in [1.29, 1.82) is 0 Å². The molecule has 0 radical (unpaired) electrons. The Balaban J connectivity index is 3.16. The zero-order valence-electron chi connectivity index (χ0n) is 10.3. The lowest BCUT2D eigenvalue weighted by atomic mass is 10.0. The van der Waals surface area contributed by atoms with Crippen molar-refractivity contribution in [1.82, 2.24) is 9.88 Å². The molecule has 16 heavy (non-hydrogen) atoms. The first-order chi connectivity index (χ1) is 7.54.